The summed E-state index contributed by atoms with van der Waals surface area (Å²) < 4.78 is 10.8. The number of carbonyl (C=O) groups is 2. The van der Waals surface area contributed by atoms with Crippen LogP contribution in [0.25, 0.3) is 0 Å². The minimum absolute atomic E-state index is 0.0197. The van der Waals surface area contributed by atoms with Crippen LogP contribution in [-0.2, 0) is 20.7 Å². The van der Waals surface area contributed by atoms with Crippen molar-refractivity contribution in [1.29, 1.82) is 0 Å². The number of ether oxygens (including phenoxy) is 2. The van der Waals surface area contributed by atoms with E-state index in [1.54, 1.807) is 32.9 Å². The van der Waals surface area contributed by atoms with Gasteiger partial charge in [0.1, 0.15) is 5.60 Å². The molecule has 1 amide bonds. The van der Waals surface area contributed by atoms with Gasteiger partial charge in [0, 0.05) is 18.2 Å². The van der Waals surface area contributed by atoms with Gasteiger partial charge in [0.2, 0.25) is 0 Å². The zero-order chi connectivity index (χ0) is 22.4. The maximum Gasteiger partial charge on any atom is 0.407 e. The molecule has 0 bridgehead atoms. The van der Waals surface area contributed by atoms with Crippen molar-refractivity contribution in [3.8, 4) is 0 Å². The molecular formula is C20H32N2O6Si. The third kappa shape index (κ3) is 9.55. The second-order valence-corrected chi connectivity index (χ2v) is 14.7. The number of hydrogen-bond acceptors (Lipinski definition) is 6. The van der Waals surface area contributed by atoms with Crippen LogP contribution in [0.3, 0.4) is 0 Å². The Kier molecular flexibility index (Phi) is 8.37. The van der Waals surface area contributed by atoms with Crippen molar-refractivity contribution in [2.75, 3.05) is 0 Å². The van der Waals surface area contributed by atoms with Gasteiger partial charge in [0.25, 0.3) is 5.69 Å². The first kappa shape index (κ1) is 24.6. The maximum atomic E-state index is 12.4. The van der Waals surface area contributed by atoms with Crippen LogP contribution in [0.5, 0.6) is 0 Å². The van der Waals surface area contributed by atoms with Crippen molar-refractivity contribution in [3.05, 3.63) is 39.9 Å². The van der Waals surface area contributed by atoms with Crippen molar-refractivity contribution in [2.45, 2.75) is 77.5 Å². The lowest BCUT2D eigenvalue weighted by molar-refractivity contribution is -0.384. The van der Waals surface area contributed by atoms with E-state index in [4.69, 9.17) is 9.47 Å². The van der Waals surface area contributed by atoms with Gasteiger partial charge in [-0.25, -0.2) is 4.79 Å². The zero-order valence-electron chi connectivity index (χ0n) is 18.3. The van der Waals surface area contributed by atoms with Crippen LogP contribution in [0.4, 0.5) is 10.5 Å². The summed E-state index contributed by atoms with van der Waals surface area (Å²) in [5.74, 6) is -0.400. The number of rotatable bonds is 8. The van der Waals surface area contributed by atoms with Crippen LogP contribution < -0.4 is 5.32 Å². The first-order valence-corrected chi connectivity index (χ1v) is 13.2. The fourth-order valence-corrected chi connectivity index (χ4v) is 2.79. The van der Waals surface area contributed by atoms with E-state index < -0.39 is 36.7 Å². The van der Waals surface area contributed by atoms with E-state index in [0.29, 0.717) is 6.42 Å². The Hall–Kier alpha value is -2.42. The molecule has 0 aromatic heterocycles. The van der Waals surface area contributed by atoms with E-state index in [-0.39, 0.29) is 17.8 Å². The number of nitro groups is 1. The van der Waals surface area contributed by atoms with Gasteiger partial charge in [0.15, 0.2) is 0 Å². The number of nitrogens with zero attached hydrogens (tertiary/aromatic N) is 1. The van der Waals surface area contributed by atoms with Crippen LogP contribution in [-0.4, -0.2) is 42.4 Å². The number of alkyl carbamates (subject to hydrolysis) is 1. The molecule has 0 saturated carbocycles. The Balaban J connectivity index is 2.88. The van der Waals surface area contributed by atoms with Crippen molar-refractivity contribution >= 4 is 25.8 Å². The van der Waals surface area contributed by atoms with Crippen LogP contribution in [0.2, 0.25) is 19.6 Å². The normalized spacial score (nSPS) is 13.9. The Morgan fingerprint density at radius 3 is 2.17 bits per heavy atom. The van der Waals surface area contributed by atoms with Crippen LogP contribution in [0, 0.1) is 10.1 Å². The van der Waals surface area contributed by atoms with Crippen molar-refractivity contribution in [2.24, 2.45) is 0 Å². The summed E-state index contributed by atoms with van der Waals surface area (Å²) in [6.45, 7) is 13.5. The second kappa shape index (κ2) is 9.86. The molecule has 0 radical (unpaired) electrons. The molecule has 1 aromatic carbocycles. The molecule has 29 heavy (non-hydrogen) atoms. The third-order valence-electron chi connectivity index (χ3n) is 4.29. The molecule has 2 atom stereocenters. The summed E-state index contributed by atoms with van der Waals surface area (Å²) in [6, 6.07) is 5.44. The number of benzene rings is 1. The highest BCUT2D eigenvalue weighted by molar-refractivity contribution is 6.77. The molecule has 0 spiro atoms. The minimum Gasteiger partial charge on any atom is -0.466 e. The summed E-state index contributed by atoms with van der Waals surface area (Å²) in [5.41, 5.74) is -0.0949. The average molecular weight is 425 g/mol. The van der Waals surface area contributed by atoms with Gasteiger partial charge in [-0.1, -0.05) is 31.8 Å². The minimum atomic E-state index is -1.65. The number of nitro benzene ring substituents is 1. The topological polar surface area (TPSA) is 108 Å². The lowest BCUT2D eigenvalue weighted by Crippen LogP contribution is -2.43. The highest BCUT2D eigenvalue weighted by atomic mass is 28.3. The van der Waals surface area contributed by atoms with E-state index >= 15 is 0 Å². The van der Waals surface area contributed by atoms with Gasteiger partial charge in [-0.2, -0.15) is 0 Å². The first-order chi connectivity index (χ1) is 13.2. The molecule has 0 aliphatic rings. The number of carbonyl (C=O) groups excluding carboxylic acids is 2. The molecule has 8 nitrogen and oxygen atoms in total. The molecule has 0 fully saturated rings. The van der Waals surface area contributed by atoms with E-state index in [1.165, 1.54) is 12.1 Å². The quantitative estimate of drug-likeness (QED) is 0.290. The number of hydrogen-bond donors (Lipinski definition) is 1. The summed E-state index contributed by atoms with van der Waals surface area (Å²) in [5, 5.41) is 13.5. The number of esters is 1. The second-order valence-electron chi connectivity index (χ2n) is 9.17. The lowest BCUT2D eigenvalue weighted by Gasteiger charge is -2.27. The SMILES string of the molecule is CC(OC(=O)CC(Cc1ccc([N+](=O)[O-])cc1)NC(=O)OC(C)(C)C)[Si](C)(C)C. The monoisotopic (exact) mass is 424 g/mol. The summed E-state index contributed by atoms with van der Waals surface area (Å²) in [7, 11) is -1.65. The van der Waals surface area contributed by atoms with Gasteiger partial charge in [-0.3, -0.25) is 14.9 Å². The summed E-state index contributed by atoms with van der Waals surface area (Å²) in [6.07, 6.45) is -0.339. The third-order valence-corrected chi connectivity index (χ3v) is 6.85. The Morgan fingerprint density at radius 1 is 1.17 bits per heavy atom. The fourth-order valence-electron chi connectivity index (χ4n) is 2.31. The summed E-state index contributed by atoms with van der Waals surface area (Å²) in [4.78, 5) is 35.0. The number of non-ortho nitro benzene ring substituents is 1. The zero-order valence-corrected chi connectivity index (χ0v) is 19.3. The van der Waals surface area contributed by atoms with Crippen molar-refractivity contribution in [3.63, 3.8) is 0 Å². The standard InChI is InChI=1S/C20H32N2O6Si/c1-14(29(5,6)7)27-18(23)13-16(21-19(24)28-20(2,3)4)12-15-8-10-17(11-9-15)22(25)26/h8-11,14,16H,12-13H2,1-7H3,(H,21,24). The van der Waals surface area contributed by atoms with Crippen LogP contribution >= 0.6 is 0 Å². The highest BCUT2D eigenvalue weighted by Crippen LogP contribution is 2.16. The molecule has 0 heterocycles. The molecule has 0 saturated heterocycles. The predicted molar refractivity (Wildman–Crippen MR) is 113 cm³/mol. The van der Waals surface area contributed by atoms with Gasteiger partial charge in [-0.15, -0.1) is 0 Å². The molecule has 2 unspecified atom stereocenters. The molecule has 9 heteroatoms. The molecule has 1 rings (SSSR count). The molecule has 1 aromatic rings. The Labute approximate surface area is 173 Å². The van der Waals surface area contributed by atoms with Gasteiger partial charge >= 0.3 is 12.1 Å². The molecule has 0 aliphatic carbocycles. The smallest absolute Gasteiger partial charge is 0.407 e. The Bertz CT molecular complexity index is 722. The van der Waals surface area contributed by atoms with E-state index in [1.807, 2.05) is 6.92 Å². The van der Waals surface area contributed by atoms with Gasteiger partial charge in [-0.05, 0) is 39.7 Å². The van der Waals surface area contributed by atoms with E-state index in [0.717, 1.165) is 5.56 Å². The van der Waals surface area contributed by atoms with Crippen LogP contribution in [0.15, 0.2) is 24.3 Å². The van der Waals surface area contributed by atoms with Gasteiger partial charge in [0.05, 0.1) is 25.1 Å². The van der Waals surface area contributed by atoms with E-state index in [2.05, 4.69) is 25.0 Å². The molecular weight excluding hydrogens is 392 g/mol. The first-order valence-electron chi connectivity index (χ1n) is 9.59. The highest BCUT2D eigenvalue weighted by Gasteiger charge is 2.28. The van der Waals surface area contributed by atoms with Gasteiger partial charge < -0.3 is 14.8 Å². The molecule has 0 aliphatic heterocycles. The van der Waals surface area contributed by atoms with Crippen molar-refractivity contribution in [1.82, 2.24) is 5.32 Å². The largest absolute Gasteiger partial charge is 0.466 e. The number of nitrogens with one attached hydrogen (secondary N) is 1. The Morgan fingerprint density at radius 2 is 1.72 bits per heavy atom. The number of amides is 1. The predicted octanol–water partition coefficient (Wildman–Crippen LogP) is 4.23. The van der Waals surface area contributed by atoms with E-state index in [9.17, 15) is 19.7 Å². The average Bonchev–Trinajstić information content (AvgIpc) is 2.52. The lowest BCUT2D eigenvalue weighted by atomic mass is 10.0. The summed E-state index contributed by atoms with van der Waals surface area (Å²) >= 11 is 0. The maximum absolute atomic E-state index is 12.4. The van der Waals surface area contributed by atoms with Crippen LogP contribution in [0.1, 0.15) is 39.7 Å². The fraction of sp³-hybridized carbons (Fsp3) is 0.600. The molecule has 162 valence electrons. The molecule has 1 N–H and O–H groups in total. The van der Waals surface area contributed by atoms with Crippen molar-refractivity contribution < 1.29 is 24.0 Å².